The van der Waals surface area contributed by atoms with Gasteiger partial charge in [-0.1, -0.05) is 35.6 Å². The van der Waals surface area contributed by atoms with Crippen LogP contribution in [-0.2, 0) is 13.0 Å². The number of nitro groups is 1. The Morgan fingerprint density at radius 3 is 3.00 bits per heavy atom. The molecule has 0 bridgehead atoms. The van der Waals surface area contributed by atoms with E-state index in [1.807, 2.05) is 24.3 Å². The predicted octanol–water partition coefficient (Wildman–Crippen LogP) is 2.40. The van der Waals surface area contributed by atoms with E-state index in [9.17, 15) is 15.2 Å². The van der Waals surface area contributed by atoms with Crippen molar-refractivity contribution in [3.63, 3.8) is 0 Å². The molecule has 1 aromatic carbocycles. The first kappa shape index (κ1) is 13.2. The summed E-state index contributed by atoms with van der Waals surface area (Å²) in [5.74, 6) is 0. The van der Waals surface area contributed by atoms with Gasteiger partial charge in [0.05, 0.1) is 17.1 Å². The van der Waals surface area contributed by atoms with E-state index in [0.717, 1.165) is 28.0 Å². The first-order valence-electron chi connectivity index (χ1n) is 6.36. The number of nitrogens with one attached hydrogen (secondary N) is 1. The molecule has 6 heteroatoms. The van der Waals surface area contributed by atoms with E-state index in [4.69, 9.17) is 0 Å². The fourth-order valence-electron chi connectivity index (χ4n) is 2.60. The summed E-state index contributed by atoms with van der Waals surface area (Å²) in [5, 5.41) is 26.0. The first-order chi connectivity index (χ1) is 9.65. The smallest absolute Gasteiger partial charge is 0.324 e. The lowest BCUT2D eigenvalue weighted by atomic mass is 10.1. The van der Waals surface area contributed by atoms with Crippen molar-refractivity contribution in [2.75, 3.05) is 0 Å². The third-order valence-electron chi connectivity index (χ3n) is 3.55. The van der Waals surface area contributed by atoms with Crippen molar-refractivity contribution in [2.45, 2.75) is 25.1 Å². The van der Waals surface area contributed by atoms with E-state index in [2.05, 4.69) is 5.32 Å². The molecule has 2 aromatic rings. The maximum Gasteiger partial charge on any atom is 0.324 e. The van der Waals surface area contributed by atoms with Crippen LogP contribution in [0.5, 0.6) is 0 Å². The molecule has 0 radical (unpaired) electrons. The Morgan fingerprint density at radius 1 is 1.45 bits per heavy atom. The Kier molecular flexibility index (Phi) is 3.52. The maximum atomic E-state index is 10.6. The topological polar surface area (TPSA) is 75.4 Å². The molecule has 2 N–H and O–H groups in total. The fraction of sp³-hybridized carbons (Fsp3) is 0.286. The third kappa shape index (κ3) is 2.45. The van der Waals surface area contributed by atoms with E-state index < -0.39 is 6.10 Å². The third-order valence-corrected chi connectivity index (χ3v) is 4.48. The minimum absolute atomic E-state index is 0.106. The summed E-state index contributed by atoms with van der Waals surface area (Å²) in [5.41, 5.74) is 3.15. The summed E-state index contributed by atoms with van der Waals surface area (Å²) in [6.45, 7) is 0.514. The Morgan fingerprint density at radius 2 is 2.25 bits per heavy atom. The Balaban J connectivity index is 1.70. The summed E-state index contributed by atoms with van der Waals surface area (Å²) >= 11 is 1.12. The highest BCUT2D eigenvalue weighted by molar-refractivity contribution is 7.13. The van der Waals surface area contributed by atoms with E-state index in [1.165, 1.54) is 0 Å². The van der Waals surface area contributed by atoms with Gasteiger partial charge in [-0.25, -0.2) is 0 Å². The molecular weight excluding hydrogens is 276 g/mol. The summed E-state index contributed by atoms with van der Waals surface area (Å²) in [6.07, 6.45) is 0.207. The van der Waals surface area contributed by atoms with Gasteiger partial charge in [0.2, 0.25) is 0 Å². The highest BCUT2D eigenvalue weighted by Crippen LogP contribution is 2.32. The quantitative estimate of drug-likeness (QED) is 0.669. The second kappa shape index (κ2) is 5.32. The number of nitrogens with zero attached hydrogens (tertiary/aromatic N) is 1. The van der Waals surface area contributed by atoms with Gasteiger partial charge in [0.1, 0.15) is 0 Å². The van der Waals surface area contributed by atoms with Gasteiger partial charge in [-0.3, -0.25) is 10.1 Å². The zero-order valence-electron chi connectivity index (χ0n) is 10.7. The van der Waals surface area contributed by atoms with Gasteiger partial charge in [-0.05, 0) is 16.7 Å². The molecule has 104 valence electrons. The van der Waals surface area contributed by atoms with Crippen LogP contribution >= 0.6 is 11.3 Å². The van der Waals surface area contributed by atoms with Crippen molar-refractivity contribution < 1.29 is 10.0 Å². The number of thiophene rings is 1. The average Bonchev–Trinajstić information content (AvgIpc) is 3.00. The van der Waals surface area contributed by atoms with Crippen LogP contribution in [0.15, 0.2) is 35.7 Å². The number of rotatable bonds is 4. The molecule has 1 aromatic heterocycles. The Bertz CT molecular complexity index is 641. The van der Waals surface area contributed by atoms with Crippen LogP contribution in [0.4, 0.5) is 5.00 Å². The van der Waals surface area contributed by atoms with Crippen molar-refractivity contribution in [1.82, 2.24) is 5.32 Å². The number of fused-ring (bicyclic) bond motifs is 1. The molecule has 1 aliphatic rings. The van der Waals surface area contributed by atoms with Crippen LogP contribution in [0.1, 0.15) is 22.7 Å². The molecule has 5 nitrogen and oxygen atoms in total. The molecule has 0 aliphatic heterocycles. The van der Waals surface area contributed by atoms with E-state index in [1.54, 1.807) is 11.4 Å². The van der Waals surface area contributed by atoms with Crippen LogP contribution in [-0.4, -0.2) is 16.1 Å². The lowest BCUT2D eigenvalue weighted by molar-refractivity contribution is -0.380. The molecule has 3 rings (SSSR count). The molecule has 0 spiro atoms. The Hall–Kier alpha value is -1.76. The molecule has 0 unspecified atom stereocenters. The largest absolute Gasteiger partial charge is 0.391 e. The van der Waals surface area contributed by atoms with Gasteiger partial charge in [0.15, 0.2) is 0 Å². The Labute approximate surface area is 120 Å². The highest BCUT2D eigenvalue weighted by atomic mass is 32.1. The van der Waals surface area contributed by atoms with Crippen molar-refractivity contribution in [3.8, 4) is 0 Å². The highest BCUT2D eigenvalue weighted by Gasteiger charge is 2.30. The van der Waals surface area contributed by atoms with E-state index in [-0.39, 0.29) is 16.0 Å². The second-order valence-corrected chi connectivity index (χ2v) is 5.77. The summed E-state index contributed by atoms with van der Waals surface area (Å²) in [6, 6.07) is 9.43. The molecule has 20 heavy (non-hydrogen) atoms. The lowest BCUT2D eigenvalue weighted by Crippen LogP contribution is -2.28. The minimum Gasteiger partial charge on any atom is -0.391 e. The SMILES string of the molecule is O=[N+]([O-])c1cc(CN[C@@H]2c3ccccc3C[C@@H]2O)cs1. The van der Waals surface area contributed by atoms with Crippen LogP contribution in [0, 0.1) is 10.1 Å². The number of aliphatic hydroxyl groups excluding tert-OH is 1. The van der Waals surface area contributed by atoms with Crippen molar-refractivity contribution in [3.05, 3.63) is 62.5 Å². The van der Waals surface area contributed by atoms with Gasteiger partial charge in [-0.15, -0.1) is 0 Å². The van der Waals surface area contributed by atoms with Crippen molar-refractivity contribution in [2.24, 2.45) is 0 Å². The number of hydrogen-bond acceptors (Lipinski definition) is 5. The van der Waals surface area contributed by atoms with Crippen molar-refractivity contribution >= 4 is 16.3 Å². The average molecular weight is 290 g/mol. The zero-order valence-corrected chi connectivity index (χ0v) is 11.5. The van der Waals surface area contributed by atoms with Gasteiger partial charge >= 0.3 is 5.00 Å². The molecule has 1 heterocycles. The van der Waals surface area contributed by atoms with Crippen LogP contribution in [0.3, 0.4) is 0 Å². The normalized spacial score (nSPS) is 20.9. The number of aliphatic hydroxyl groups is 1. The van der Waals surface area contributed by atoms with Gasteiger partial charge in [-0.2, -0.15) is 0 Å². The molecule has 2 atom stereocenters. The summed E-state index contributed by atoms with van der Waals surface area (Å²) in [7, 11) is 0. The van der Waals surface area contributed by atoms with Gasteiger partial charge < -0.3 is 10.4 Å². The van der Waals surface area contributed by atoms with Gasteiger partial charge in [0.25, 0.3) is 0 Å². The molecule has 0 saturated carbocycles. The van der Waals surface area contributed by atoms with Crippen molar-refractivity contribution in [1.29, 1.82) is 0 Å². The van der Waals surface area contributed by atoms with E-state index in [0.29, 0.717) is 13.0 Å². The molecule has 0 saturated heterocycles. The summed E-state index contributed by atoms with van der Waals surface area (Å²) < 4.78 is 0. The number of benzene rings is 1. The molecule has 0 amide bonds. The lowest BCUT2D eigenvalue weighted by Gasteiger charge is -2.17. The zero-order chi connectivity index (χ0) is 14.1. The minimum atomic E-state index is -0.443. The molecular formula is C14H14N2O3S. The van der Waals surface area contributed by atoms with Crippen LogP contribution < -0.4 is 5.32 Å². The predicted molar refractivity (Wildman–Crippen MR) is 76.7 cm³/mol. The summed E-state index contributed by atoms with van der Waals surface area (Å²) in [4.78, 5) is 10.3. The molecule has 0 fully saturated rings. The van der Waals surface area contributed by atoms with Crippen LogP contribution in [0.2, 0.25) is 0 Å². The first-order valence-corrected chi connectivity index (χ1v) is 7.24. The monoisotopic (exact) mass is 290 g/mol. The maximum absolute atomic E-state index is 10.6. The molecule has 1 aliphatic carbocycles. The second-order valence-electron chi connectivity index (χ2n) is 4.88. The standard InChI is InChI=1S/C14H14N2O3S/c17-12-6-10-3-1-2-4-11(10)14(12)15-7-9-5-13(16(18)19)20-8-9/h1-5,8,12,14-15,17H,6-7H2/t12-,14+/m0/s1. The van der Waals surface area contributed by atoms with Gasteiger partial charge in [0, 0.05) is 24.4 Å². The number of hydrogen-bond donors (Lipinski definition) is 2. The van der Waals surface area contributed by atoms with E-state index >= 15 is 0 Å². The fourth-order valence-corrected chi connectivity index (χ4v) is 3.33. The van der Waals surface area contributed by atoms with Crippen LogP contribution in [0.25, 0.3) is 0 Å².